The van der Waals surface area contributed by atoms with E-state index in [4.69, 9.17) is 15.2 Å². The summed E-state index contributed by atoms with van der Waals surface area (Å²) in [5, 5.41) is 0. The first-order valence-corrected chi connectivity index (χ1v) is 7.40. The van der Waals surface area contributed by atoms with Gasteiger partial charge < -0.3 is 15.2 Å². The molecule has 1 unspecified atom stereocenters. The van der Waals surface area contributed by atoms with E-state index in [0.717, 1.165) is 10.5 Å². The molecule has 1 atom stereocenters. The number of anilines is 1. The number of benzene rings is 2. The molecule has 0 saturated heterocycles. The van der Waals surface area contributed by atoms with Gasteiger partial charge in [0.25, 0.3) is 0 Å². The molecule has 2 N–H and O–H groups in total. The van der Waals surface area contributed by atoms with E-state index in [1.807, 2.05) is 24.3 Å². The third kappa shape index (κ3) is 3.30. The summed E-state index contributed by atoms with van der Waals surface area (Å²) < 4.78 is 22.8. The summed E-state index contributed by atoms with van der Waals surface area (Å²) in [5.74, 6) is 1.72. The third-order valence-corrected chi connectivity index (χ3v) is 4.25. The fourth-order valence-corrected chi connectivity index (χ4v) is 3.01. The number of nitrogens with two attached hydrogens (primary N) is 1. The van der Waals surface area contributed by atoms with Gasteiger partial charge in [0.1, 0.15) is 11.5 Å². The van der Waals surface area contributed by atoms with Gasteiger partial charge in [0.05, 0.1) is 30.8 Å². The Labute approximate surface area is 121 Å². The molecular formula is C15H17NO3S. The first-order valence-electron chi connectivity index (χ1n) is 6.09. The lowest BCUT2D eigenvalue weighted by molar-refractivity contribution is 0.411. The smallest absolute Gasteiger partial charge is 0.125 e. The van der Waals surface area contributed by atoms with Crippen LogP contribution in [0.3, 0.4) is 0 Å². The van der Waals surface area contributed by atoms with Crippen molar-refractivity contribution in [3.05, 3.63) is 48.0 Å². The Kier molecular flexibility index (Phi) is 4.63. The average molecular weight is 291 g/mol. The van der Waals surface area contributed by atoms with Crippen LogP contribution in [0, 0.1) is 0 Å². The van der Waals surface area contributed by atoms with E-state index in [9.17, 15) is 4.21 Å². The second-order valence-corrected chi connectivity index (χ2v) is 5.69. The van der Waals surface area contributed by atoms with Crippen LogP contribution in [0.5, 0.6) is 11.5 Å². The summed E-state index contributed by atoms with van der Waals surface area (Å²) in [6.45, 7) is 0. The van der Waals surface area contributed by atoms with E-state index in [0.29, 0.717) is 22.9 Å². The first kappa shape index (κ1) is 14.4. The Balaban J connectivity index is 2.23. The average Bonchev–Trinajstić information content (AvgIpc) is 2.49. The van der Waals surface area contributed by atoms with E-state index in [1.165, 1.54) is 0 Å². The van der Waals surface area contributed by atoms with Gasteiger partial charge in [-0.2, -0.15) is 0 Å². The van der Waals surface area contributed by atoms with Gasteiger partial charge in [-0.15, -0.1) is 0 Å². The molecule has 4 nitrogen and oxygen atoms in total. The molecule has 5 heteroatoms. The maximum absolute atomic E-state index is 12.4. The second kappa shape index (κ2) is 6.43. The van der Waals surface area contributed by atoms with Gasteiger partial charge >= 0.3 is 0 Å². The molecule has 2 aromatic carbocycles. The molecule has 2 rings (SSSR count). The molecule has 0 fully saturated rings. The molecule has 0 heterocycles. The zero-order valence-electron chi connectivity index (χ0n) is 11.5. The number of rotatable bonds is 5. The zero-order valence-corrected chi connectivity index (χ0v) is 12.3. The third-order valence-electron chi connectivity index (χ3n) is 2.90. The molecule has 0 spiro atoms. The molecule has 2 aromatic rings. The fraction of sp³-hybridized carbons (Fsp3) is 0.200. The first-order chi connectivity index (χ1) is 9.63. The minimum atomic E-state index is -1.17. The lowest BCUT2D eigenvalue weighted by Gasteiger charge is -2.10. The molecule has 106 valence electrons. The van der Waals surface area contributed by atoms with Gasteiger partial charge in [-0.3, -0.25) is 4.21 Å². The number of nitrogen functional groups attached to an aromatic ring is 1. The van der Waals surface area contributed by atoms with Crippen LogP contribution in [-0.2, 0) is 16.6 Å². The van der Waals surface area contributed by atoms with Crippen molar-refractivity contribution in [3.63, 3.8) is 0 Å². The topological polar surface area (TPSA) is 61.5 Å². The summed E-state index contributed by atoms with van der Waals surface area (Å²) in [5.41, 5.74) is 7.20. The van der Waals surface area contributed by atoms with Crippen molar-refractivity contribution >= 4 is 16.5 Å². The maximum atomic E-state index is 12.4. The van der Waals surface area contributed by atoms with E-state index >= 15 is 0 Å². The lowest BCUT2D eigenvalue weighted by Crippen LogP contribution is -2.00. The summed E-state index contributed by atoms with van der Waals surface area (Å²) in [7, 11) is 2.00. The second-order valence-electron chi connectivity index (χ2n) is 4.24. The largest absolute Gasteiger partial charge is 0.497 e. The van der Waals surface area contributed by atoms with Crippen LogP contribution >= 0.6 is 0 Å². The number of ether oxygens (including phenoxy) is 2. The van der Waals surface area contributed by atoms with Gasteiger partial charge in [0, 0.05) is 22.2 Å². The summed E-state index contributed by atoms with van der Waals surface area (Å²) >= 11 is 0. The standard InChI is InChI=1S/C15H17NO3S/c1-18-13-4-3-5-14(9-13)20(17)10-11-6-7-12(16)8-15(11)19-2/h3-9H,10,16H2,1-2H3. The van der Waals surface area contributed by atoms with Crippen molar-refractivity contribution in [2.24, 2.45) is 0 Å². The highest BCUT2D eigenvalue weighted by molar-refractivity contribution is 7.84. The minimum Gasteiger partial charge on any atom is -0.497 e. The van der Waals surface area contributed by atoms with E-state index in [-0.39, 0.29) is 0 Å². The molecule has 0 aromatic heterocycles. The SMILES string of the molecule is COc1cccc(S(=O)Cc2ccc(N)cc2OC)c1. The Bertz CT molecular complexity index is 628. The Hall–Kier alpha value is -2.01. The van der Waals surface area contributed by atoms with Crippen molar-refractivity contribution in [1.29, 1.82) is 0 Å². The molecule has 0 aliphatic rings. The van der Waals surface area contributed by atoms with E-state index in [1.54, 1.807) is 32.4 Å². The Morgan fingerprint density at radius 3 is 2.60 bits per heavy atom. The number of hydrogen-bond acceptors (Lipinski definition) is 4. The van der Waals surface area contributed by atoms with E-state index < -0.39 is 10.8 Å². The quantitative estimate of drug-likeness (QED) is 0.860. The van der Waals surface area contributed by atoms with Crippen molar-refractivity contribution in [2.45, 2.75) is 10.6 Å². The highest BCUT2D eigenvalue weighted by Crippen LogP contribution is 2.25. The van der Waals surface area contributed by atoms with Gasteiger partial charge in [0.2, 0.25) is 0 Å². The van der Waals surface area contributed by atoms with Crippen LogP contribution in [0.2, 0.25) is 0 Å². The molecule has 0 bridgehead atoms. The van der Waals surface area contributed by atoms with Crippen LogP contribution in [0.25, 0.3) is 0 Å². The summed E-state index contributed by atoms with van der Waals surface area (Å²) in [6.07, 6.45) is 0. The number of hydrogen-bond donors (Lipinski definition) is 1. The van der Waals surface area contributed by atoms with Gasteiger partial charge in [-0.1, -0.05) is 12.1 Å². The van der Waals surface area contributed by atoms with Crippen LogP contribution in [-0.4, -0.2) is 18.4 Å². The summed E-state index contributed by atoms with van der Waals surface area (Å²) in [4.78, 5) is 0.725. The number of methoxy groups -OCH3 is 2. The van der Waals surface area contributed by atoms with Crippen molar-refractivity contribution < 1.29 is 13.7 Å². The molecule has 0 radical (unpaired) electrons. The minimum absolute atomic E-state index is 0.372. The molecule has 0 aliphatic heterocycles. The Morgan fingerprint density at radius 2 is 1.90 bits per heavy atom. The Morgan fingerprint density at radius 1 is 1.10 bits per heavy atom. The molecule has 20 heavy (non-hydrogen) atoms. The van der Waals surface area contributed by atoms with Gasteiger partial charge in [-0.25, -0.2) is 0 Å². The van der Waals surface area contributed by atoms with Crippen LogP contribution in [0.1, 0.15) is 5.56 Å². The van der Waals surface area contributed by atoms with Crippen molar-refractivity contribution in [1.82, 2.24) is 0 Å². The zero-order chi connectivity index (χ0) is 14.5. The van der Waals surface area contributed by atoms with Crippen molar-refractivity contribution in [3.8, 4) is 11.5 Å². The van der Waals surface area contributed by atoms with Crippen LogP contribution in [0.4, 0.5) is 5.69 Å². The molecule has 0 saturated carbocycles. The maximum Gasteiger partial charge on any atom is 0.125 e. The van der Waals surface area contributed by atoms with E-state index in [2.05, 4.69) is 0 Å². The monoisotopic (exact) mass is 291 g/mol. The highest BCUT2D eigenvalue weighted by atomic mass is 32.2. The highest BCUT2D eigenvalue weighted by Gasteiger charge is 2.10. The lowest BCUT2D eigenvalue weighted by atomic mass is 10.2. The molecular weight excluding hydrogens is 274 g/mol. The molecule has 0 amide bonds. The van der Waals surface area contributed by atoms with Crippen molar-refractivity contribution in [2.75, 3.05) is 20.0 Å². The van der Waals surface area contributed by atoms with Gasteiger partial charge in [0.15, 0.2) is 0 Å². The predicted molar refractivity (Wildman–Crippen MR) is 80.5 cm³/mol. The van der Waals surface area contributed by atoms with Crippen LogP contribution < -0.4 is 15.2 Å². The van der Waals surface area contributed by atoms with Crippen LogP contribution in [0.15, 0.2) is 47.4 Å². The summed E-state index contributed by atoms with van der Waals surface area (Å²) in [6, 6.07) is 12.6. The molecule has 0 aliphatic carbocycles. The predicted octanol–water partition coefficient (Wildman–Crippen LogP) is 2.59. The normalized spacial score (nSPS) is 11.9. The van der Waals surface area contributed by atoms with Gasteiger partial charge in [-0.05, 0) is 24.3 Å². The fourth-order valence-electron chi connectivity index (χ4n) is 1.85.